The van der Waals surface area contributed by atoms with Crippen molar-refractivity contribution in [3.05, 3.63) is 128 Å². The second-order valence-electron chi connectivity index (χ2n) is 11.1. The third-order valence-corrected chi connectivity index (χ3v) is 9.70. The number of nitro benzene ring substituents is 1. The Labute approximate surface area is 285 Å². The van der Waals surface area contributed by atoms with Crippen molar-refractivity contribution in [2.24, 2.45) is 0 Å². The first-order valence-corrected chi connectivity index (χ1v) is 17.0. The number of hydrogen-bond donors (Lipinski definition) is 1. The van der Waals surface area contributed by atoms with Crippen LogP contribution in [0.1, 0.15) is 29.2 Å². The van der Waals surface area contributed by atoms with E-state index in [-0.39, 0.29) is 35.0 Å². The third-order valence-electron chi connectivity index (χ3n) is 7.71. The lowest BCUT2D eigenvalue weighted by Crippen LogP contribution is -2.53. The first kappa shape index (κ1) is 35.9. The number of nitrogens with zero attached hydrogens (tertiary/aromatic N) is 3. The van der Waals surface area contributed by atoms with Gasteiger partial charge in [0.25, 0.3) is 15.7 Å². The number of amides is 2. The predicted molar refractivity (Wildman–Crippen MR) is 185 cm³/mol. The number of aryl methyl sites for hydroxylation is 2. The molecule has 4 rings (SSSR count). The number of likely N-dealkylation sites (N-methyl/N-ethyl adjacent to an activating group) is 1. The van der Waals surface area contributed by atoms with Gasteiger partial charge in [0.2, 0.25) is 11.8 Å². The molecule has 11 nitrogen and oxygen atoms in total. The molecule has 0 radical (unpaired) electrons. The molecule has 0 aromatic heterocycles. The zero-order valence-corrected chi connectivity index (χ0v) is 28.6. The Hall–Kier alpha value is -4.94. The molecule has 0 aliphatic carbocycles. The summed E-state index contributed by atoms with van der Waals surface area (Å²) in [6.45, 7) is 4.69. The molecular formula is C35H37ClN4O7S. The highest BCUT2D eigenvalue weighted by Gasteiger charge is 2.36. The number of halogens is 1. The minimum Gasteiger partial charge on any atom is -0.495 e. The quantitative estimate of drug-likeness (QED) is 0.129. The molecule has 0 aliphatic heterocycles. The normalized spacial score (nSPS) is 11.8. The molecular weight excluding hydrogens is 656 g/mol. The number of carbonyl (C=O) groups is 2. The Bertz CT molecular complexity index is 1900. The third kappa shape index (κ3) is 8.50. The van der Waals surface area contributed by atoms with Crippen LogP contribution in [-0.2, 0) is 32.6 Å². The largest absolute Gasteiger partial charge is 0.495 e. The standard InChI is InChI=1S/C35H37ClN4O7S/c1-5-37-35(42)32(19-26-11-7-6-8-12-26)38(22-27-13-9-10-24(2)18-27)34(41)23-39(31-20-28(36)15-17-33(31)47-4)48(45,46)29-16-14-25(3)30(21-29)40(43)44/h6-18,20-21,32H,5,19,22-23H2,1-4H3,(H,37,42)/t32-/m1/s1. The maximum Gasteiger partial charge on any atom is 0.273 e. The van der Waals surface area contributed by atoms with Gasteiger partial charge in [0.05, 0.1) is 22.6 Å². The van der Waals surface area contributed by atoms with Crippen LogP contribution in [-0.4, -0.2) is 56.3 Å². The number of rotatable bonds is 14. The van der Waals surface area contributed by atoms with E-state index in [0.717, 1.165) is 27.1 Å². The highest BCUT2D eigenvalue weighted by molar-refractivity contribution is 7.92. The SMILES string of the molecule is CCNC(=O)[C@@H](Cc1ccccc1)N(Cc1cccc(C)c1)C(=O)CN(c1cc(Cl)ccc1OC)S(=O)(=O)c1ccc(C)c([N+](=O)[O-])c1. The molecule has 4 aromatic rings. The van der Waals surface area contributed by atoms with Gasteiger partial charge >= 0.3 is 0 Å². The van der Waals surface area contributed by atoms with Crippen LogP contribution in [0.15, 0.2) is 95.9 Å². The van der Waals surface area contributed by atoms with Crippen molar-refractivity contribution in [1.29, 1.82) is 0 Å². The van der Waals surface area contributed by atoms with E-state index in [4.69, 9.17) is 16.3 Å². The monoisotopic (exact) mass is 692 g/mol. The van der Waals surface area contributed by atoms with Crippen LogP contribution in [0.5, 0.6) is 5.75 Å². The number of sulfonamides is 1. The van der Waals surface area contributed by atoms with Crippen molar-refractivity contribution < 1.29 is 27.7 Å². The summed E-state index contributed by atoms with van der Waals surface area (Å²) in [5.74, 6) is -1.02. The summed E-state index contributed by atoms with van der Waals surface area (Å²) in [6, 6.07) is 23.4. The summed E-state index contributed by atoms with van der Waals surface area (Å²) >= 11 is 6.33. The second-order valence-corrected chi connectivity index (χ2v) is 13.4. The Morgan fingerprint density at radius 3 is 2.31 bits per heavy atom. The van der Waals surface area contributed by atoms with Gasteiger partial charge in [-0.1, -0.05) is 77.8 Å². The second kappa shape index (κ2) is 15.8. The minimum absolute atomic E-state index is 0.00821. The zero-order valence-electron chi connectivity index (χ0n) is 27.1. The lowest BCUT2D eigenvalue weighted by atomic mass is 10.0. The number of methoxy groups -OCH3 is 1. The van der Waals surface area contributed by atoms with Gasteiger partial charge in [-0.25, -0.2) is 8.42 Å². The summed E-state index contributed by atoms with van der Waals surface area (Å²) in [5, 5.41) is 14.7. The van der Waals surface area contributed by atoms with E-state index in [0.29, 0.717) is 6.54 Å². The zero-order chi connectivity index (χ0) is 35.0. The Balaban J connectivity index is 1.89. The van der Waals surface area contributed by atoms with Crippen LogP contribution in [0.3, 0.4) is 0 Å². The first-order chi connectivity index (χ1) is 22.8. The summed E-state index contributed by atoms with van der Waals surface area (Å²) in [6.07, 6.45) is 0.154. The topological polar surface area (TPSA) is 139 Å². The summed E-state index contributed by atoms with van der Waals surface area (Å²) in [5.41, 5.74) is 2.26. The molecule has 13 heteroatoms. The highest BCUT2D eigenvalue weighted by Crippen LogP contribution is 2.36. The van der Waals surface area contributed by atoms with Gasteiger partial charge in [-0.15, -0.1) is 0 Å². The van der Waals surface area contributed by atoms with Crippen molar-refractivity contribution in [1.82, 2.24) is 10.2 Å². The van der Waals surface area contributed by atoms with Gasteiger partial charge in [0.15, 0.2) is 0 Å². The van der Waals surface area contributed by atoms with Crippen molar-refractivity contribution in [3.63, 3.8) is 0 Å². The Kier molecular flexibility index (Phi) is 11.8. The van der Waals surface area contributed by atoms with E-state index < -0.39 is 49.9 Å². The highest BCUT2D eigenvalue weighted by atomic mass is 35.5. The van der Waals surface area contributed by atoms with Gasteiger partial charge in [0.1, 0.15) is 18.3 Å². The molecule has 1 atom stereocenters. The van der Waals surface area contributed by atoms with Gasteiger partial charge in [0, 0.05) is 36.2 Å². The summed E-state index contributed by atoms with van der Waals surface area (Å²) in [7, 11) is -3.32. The van der Waals surface area contributed by atoms with Crippen LogP contribution < -0.4 is 14.4 Å². The van der Waals surface area contributed by atoms with Crippen molar-refractivity contribution >= 4 is 44.8 Å². The molecule has 0 bridgehead atoms. The average Bonchev–Trinajstić information content (AvgIpc) is 3.05. The lowest BCUT2D eigenvalue weighted by molar-refractivity contribution is -0.385. The number of nitrogens with one attached hydrogen (secondary N) is 1. The van der Waals surface area contributed by atoms with Crippen LogP contribution in [0, 0.1) is 24.0 Å². The van der Waals surface area contributed by atoms with E-state index >= 15 is 0 Å². The molecule has 0 unspecified atom stereocenters. The Morgan fingerprint density at radius 1 is 0.958 bits per heavy atom. The molecule has 0 fully saturated rings. The predicted octanol–water partition coefficient (Wildman–Crippen LogP) is 5.85. The van der Waals surface area contributed by atoms with E-state index in [2.05, 4.69) is 5.32 Å². The lowest BCUT2D eigenvalue weighted by Gasteiger charge is -2.34. The van der Waals surface area contributed by atoms with Crippen LogP contribution in [0.25, 0.3) is 0 Å². The maximum absolute atomic E-state index is 14.6. The number of ether oxygens (including phenoxy) is 1. The van der Waals surface area contributed by atoms with Crippen molar-refractivity contribution in [2.75, 3.05) is 24.5 Å². The minimum atomic E-state index is -4.66. The van der Waals surface area contributed by atoms with E-state index in [9.17, 15) is 28.1 Å². The molecule has 0 saturated heterocycles. The van der Waals surface area contributed by atoms with Crippen LogP contribution in [0.4, 0.5) is 11.4 Å². The number of carbonyl (C=O) groups excluding carboxylic acids is 2. The fourth-order valence-corrected chi connectivity index (χ4v) is 6.90. The fourth-order valence-electron chi connectivity index (χ4n) is 5.30. The molecule has 0 spiro atoms. The molecule has 0 heterocycles. The first-order valence-electron chi connectivity index (χ1n) is 15.1. The summed E-state index contributed by atoms with van der Waals surface area (Å²) < 4.78 is 35.1. The smallest absolute Gasteiger partial charge is 0.273 e. The van der Waals surface area contributed by atoms with Gasteiger partial charge < -0.3 is 15.0 Å². The Morgan fingerprint density at radius 2 is 1.67 bits per heavy atom. The number of benzene rings is 4. The van der Waals surface area contributed by atoms with Gasteiger partial charge in [-0.3, -0.25) is 24.0 Å². The van der Waals surface area contributed by atoms with E-state index in [1.54, 1.807) is 6.92 Å². The molecule has 4 aromatic carbocycles. The van der Waals surface area contributed by atoms with E-state index in [1.165, 1.54) is 49.3 Å². The fraction of sp³-hybridized carbons (Fsp3) is 0.257. The molecule has 252 valence electrons. The number of hydrogen-bond acceptors (Lipinski definition) is 7. The summed E-state index contributed by atoms with van der Waals surface area (Å²) in [4.78, 5) is 40.3. The molecule has 0 saturated carbocycles. The van der Waals surface area contributed by atoms with E-state index in [1.807, 2.05) is 61.5 Å². The van der Waals surface area contributed by atoms with Crippen LogP contribution >= 0.6 is 11.6 Å². The average molecular weight is 693 g/mol. The molecule has 1 N–H and O–H groups in total. The van der Waals surface area contributed by atoms with Crippen molar-refractivity contribution in [2.45, 2.75) is 44.7 Å². The van der Waals surface area contributed by atoms with Gasteiger partial charge in [-0.05, 0) is 56.2 Å². The molecule has 48 heavy (non-hydrogen) atoms. The molecule has 2 amide bonds. The molecule has 0 aliphatic rings. The van der Waals surface area contributed by atoms with Gasteiger partial charge in [-0.2, -0.15) is 0 Å². The number of anilines is 1. The van der Waals surface area contributed by atoms with Crippen LogP contribution in [0.2, 0.25) is 5.02 Å². The van der Waals surface area contributed by atoms with Crippen molar-refractivity contribution in [3.8, 4) is 5.75 Å². The number of nitro groups is 1. The maximum atomic E-state index is 14.6.